The second-order valence-electron chi connectivity index (χ2n) is 3.67. The van der Waals surface area contributed by atoms with Gasteiger partial charge in [0.05, 0.1) is 23.0 Å². The minimum atomic E-state index is -3.31. The quantitative estimate of drug-likeness (QED) is 0.716. The maximum Gasteiger partial charge on any atom is 0.323 e. The highest BCUT2D eigenvalue weighted by molar-refractivity contribution is 7.92. The number of aryl methyl sites for hydroxylation is 1. The topological polar surface area (TPSA) is 94.8 Å². The van der Waals surface area contributed by atoms with Crippen LogP contribution < -0.4 is 10.4 Å². The van der Waals surface area contributed by atoms with Gasteiger partial charge >= 0.3 is 5.69 Å². The molecular weight excluding hydrogens is 230 g/mol. The summed E-state index contributed by atoms with van der Waals surface area (Å²) in [5.41, 5.74) is 2.12. The van der Waals surface area contributed by atoms with Crippen molar-refractivity contribution in [3.8, 4) is 0 Å². The summed E-state index contributed by atoms with van der Waals surface area (Å²) in [5, 5.41) is 0. The van der Waals surface area contributed by atoms with Crippen molar-refractivity contribution >= 4 is 26.7 Å². The summed E-state index contributed by atoms with van der Waals surface area (Å²) in [6.45, 7) is 1.76. The molecule has 0 aliphatic carbocycles. The van der Waals surface area contributed by atoms with E-state index in [1.807, 2.05) is 0 Å². The fourth-order valence-electron chi connectivity index (χ4n) is 1.50. The predicted molar refractivity (Wildman–Crippen MR) is 62.1 cm³/mol. The van der Waals surface area contributed by atoms with Crippen molar-refractivity contribution in [2.24, 2.45) is 0 Å². The Labute approximate surface area is 91.7 Å². The molecular formula is C9H11N3O3S. The first kappa shape index (κ1) is 10.7. The summed E-state index contributed by atoms with van der Waals surface area (Å²) in [7, 11) is -3.31. The van der Waals surface area contributed by atoms with Crippen LogP contribution in [0.1, 0.15) is 5.56 Å². The van der Waals surface area contributed by atoms with Crippen LogP contribution in [0.4, 0.5) is 5.69 Å². The van der Waals surface area contributed by atoms with Crippen LogP contribution in [0.5, 0.6) is 0 Å². The van der Waals surface area contributed by atoms with Gasteiger partial charge in [-0.2, -0.15) is 0 Å². The van der Waals surface area contributed by atoms with E-state index in [0.717, 1.165) is 11.8 Å². The maximum atomic E-state index is 11.1. The monoisotopic (exact) mass is 241 g/mol. The summed E-state index contributed by atoms with van der Waals surface area (Å²) in [5.74, 6) is 0. The summed E-state index contributed by atoms with van der Waals surface area (Å²) in [4.78, 5) is 16.2. The molecule has 0 unspecified atom stereocenters. The fraction of sp³-hybridized carbons (Fsp3) is 0.222. The Morgan fingerprint density at radius 2 is 1.75 bits per heavy atom. The van der Waals surface area contributed by atoms with Gasteiger partial charge in [-0.3, -0.25) is 4.72 Å². The zero-order chi connectivity index (χ0) is 11.9. The molecule has 0 saturated carbocycles. The van der Waals surface area contributed by atoms with Crippen LogP contribution in [-0.4, -0.2) is 24.6 Å². The standard InChI is InChI=1S/C9H11N3O3S/c1-5-3-7-8(11-9(13)10-7)4-6(5)12-16(2,14)15/h3-4,12H,1-2H3,(H2,10,11,13). The van der Waals surface area contributed by atoms with Gasteiger partial charge in [0.25, 0.3) is 0 Å². The number of hydrogen-bond acceptors (Lipinski definition) is 3. The Morgan fingerprint density at radius 3 is 2.31 bits per heavy atom. The molecule has 0 aliphatic rings. The number of sulfonamides is 1. The van der Waals surface area contributed by atoms with Crippen LogP contribution in [0.3, 0.4) is 0 Å². The van der Waals surface area contributed by atoms with Gasteiger partial charge in [-0.15, -0.1) is 0 Å². The third-order valence-corrected chi connectivity index (χ3v) is 2.75. The fourth-order valence-corrected chi connectivity index (χ4v) is 2.12. The van der Waals surface area contributed by atoms with E-state index >= 15 is 0 Å². The number of fused-ring (bicyclic) bond motifs is 1. The van der Waals surface area contributed by atoms with E-state index in [9.17, 15) is 13.2 Å². The Morgan fingerprint density at radius 1 is 1.19 bits per heavy atom. The van der Waals surface area contributed by atoms with Gasteiger partial charge in [0.15, 0.2) is 0 Å². The van der Waals surface area contributed by atoms with Crippen molar-refractivity contribution in [3.63, 3.8) is 0 Å². The van der Waals surface area contributed by atoms with Crippen molar-refractivity contribution in [3.05, 3.63) is 28.2 Å². The molecule has 0 radical (unpaired) electrons. The van der Waals surface area contributed by atoms with Crippen LogP contribution in [0.15, 0.2) is 16.9 Å². The SMILES string of the molecule is Cc1cc2[nH]c(=O)[nH]c2cc1NS(C)(=O)=O. The lowest BCUT2D eigenvalue weighted by atomic mass is 10.2. The Balaban J connectivity index is 2.62. The molecule has 0 amide bonds. The second-order valence-corrected chi connectivity index (χ2v) is 5.41. The molecule has 0 fully saturated rings. The van der Waals surface area contributed by atoms with Crippen molar-refractivity contribution in [2.45, 2.75) is 6.92 Å². The molecule has 0 bridgehead atoms. The molecule has 86 valence electrons. The van der Waals surface area contributed by atoms with Gasteiger partial charge in [0.1, 0.15) is 0 Å². The molecule has 1 heterocycles. The van der Waals surface area contributed by atoms with Gasteiger partial charge < -0.3 is 9.97 Å². The summed E-state index contributed by atoms with van der Waals surface area (Å²) >= 11 is 0. The second kappa shape index (κ2) is 3.38. The van der Waals surface area contributed by atoms with Gasteiger partial charge in [-0.25, -0.2) is 13.2 Å². The molecule has 6 nitrogen and oxygen atoms in total. The van der Waals surface area contributed by atoms with Crippen LogP contribution in [0.25, 0.3) is 11.0 Å². The lowest BCUT2D eigenvalue weighted by molar-refractivity contribution is 0.607. The van der Waals surface area contributed by atoms with Crippen LogP contribution in [0.2, 0.25) is 0 Å². The van der Waals surface area contributed by atoms with Gasteiger partial charge in [-0.1, -0.05) is 0 Å². The number of benzene rings is 1. The van der Waals surface area contributed by atoms with Crippen molar-refractivity contribution in [2.75, 3.05) is 11.0 Å². The lowest BCUT2D eigenvalue weighted by Crippen LogP contribution is -2.10. The Bertz CT molecular complexity index is 696. The molecule has 0 saturated heterocycles. The molecule has 0 spiro atoms. The number of H-pyrrole nitrogens is 2. The summed E-state index contributed by atoms with van der Waals surface area (Å²) in [6.07, 6.45) is 1.08. The van der Waals surface area contributed by atoms with Crippen molar-refractivity contribution in [1.29, 1.82) is 0 Å². The van der Waals surface area contributed by atoms with Crippen LogP contribution in [-0.2, 0) is 10.0 Å². The van der Waals surface area contributed by atoms with E-state index in [1.54, 1.807) is 19.1 Å². The van der Waals surface area contributed by atoms with E-state index in [1.165, 1.54) is 0 Å². The first-order valence-corrected chi connectivity index (χ1v) is 6.45. The third kappa shape index (κ3) is 2.08. The highest BCUT2D eigenvalue weighted by Crippen LogP contribution is 2.20. The highest BCUT2D eigenvalue weighted by Gasteiger charge is 2.07. The highest BCUT2D eigenvalue weighted by atomic mass is 32.2. The molecule has 1 aromatic heterocycles. The van der Waals surface area contributed by atoms with E-state index in [4.69, 9.17) is 0 Å². The Kier molecular flexibility index (Phi) is 2.27. The largest absolute Gasteiger partial charge is 0.323 e. The number of hydrogen-bond donors (Lipinski definition) is 3. The van der Waals surface area contributed by atoms with Crippen molar-refractivity contribution < 1.29 is 8.42 Å². The number of aromatic amines is 2. The molecule has 2 aromatic rings. The summed E-state index contributed by atoms with van der Waals surface area (Å²) < 4.78 is 24.6. The molecule has 0 atom stereocenters. The first-order chi connectivity index (χ1) is 7.35. The van der Waals surface area contributed by atoms with E-state index in [0.29, 0.717) is 16.7 Å². The number of anilines is 1. The average molecular weight is 241 g/mol. The van der Waals surface area contributed by atoms with Crippen LogP contribution in [0, 0.1) is 6.92 Å². The summed E-state index contributed by atoms with van der Waals surface area (Å²) in [6, 6.07) is 3.30. The lowest BCUT2D eigenvalue weighted by Gasteiger charge is -2.07. The van der Waals surface area contributed by atoms with Gasteiger partial charge in [0, 0.05) is 0 Å². The minimum Gasteiger partial charge on any atom is -0.306 e. The predicted octanol–water partition coefficient (Wildman–Crippen LogP) is 0.536. The van der Waals surface area contributed by atoms with E-state index in [2.05, 4.69) is 14.7 Å². The number of aromatic nitrogens is 2. The molecule has 0 aliphatic heterocycles. The molecule has 7 heteroatoms. The molecule has 1 aromatic carbocycles. The van der Waals surface area contributed by atoms with Gasteiger partial charge in [-0.05, 0) is 24.6 Å². The van der Waals surface area contributed by atoms with E-state index in [-0.39, 0.29) is 5.69 Å². The third-order valence-electron chi connectivity index (χ3n) is 2.16. The Hall–Kier alpha value is -1.76. The average Bonchev–Trinajstić information content (AvgIpc) is 2.42. The normalized spacial score (nSPS) is 11.9. The number of rotatable bonds is 2. The van der Waals surface area contributed by atoms with E-state index < -0.39 is 10.0 Å². The minimum absolute atomic E-state index is 0.314. The molecule has 3 N–H and O–H groups in total. The first-order valence-electron chi connectivity index (χ1n) is 4.55. The zero-order valence-corrected chi connectivity index (χ0v) is 9.60. The zero-order valence-electron chi connectivity index (χ0n) is 8.79. The number of imidazole rings is 1. The molecule has 2 rings (SSSR count). The smallest absolute Gasteiger partial charge is 0.306 e. The maximum absolute atomic E-state index is 11.1. The molecule has 16 heavy (non-hydrogen) atoms. The van der Waals surface area contributed by atoms with Crippen LogP contribution >= 0.6 is 0 Å². The van der Waals surface area contributed by atoms with Crippen molar-refractivity contribution in [1.82, 2.24) is 9.97 Å². The number of nitrogens with one attached hydrogen (secondary N) is 3. The van der Waals surface area contributed by atoms with Gasteiger partial charge in [0.2, 0.25) is 10.0 Å².